The maximum atomic E-state index is 13.6. The zero-order chi connectivity index (χ0) is 18.5. The van der Waals surface area contributed by atoms with Gasteiger partial charge in [0.1, 0.15) is 5.82 Å². The molecule has 3 aromatic carbocycles. The number of halogens is 1. The van der Waals surface area contributed by atoms with E-state index in [2.05, 4.69) is 0 Å². The van der Waals surface area contributed by atoms with E-state index >= 15 is 0 Å². The lowest BCUT2D eigenvalue weighted by Crippen LogP contribution is -2.15. The van der Waals surface area contributed by atoms with Crippen LogP contribution in [0.3, 0.4) is 0 Å². The first-order valence-corrected chi connectivity index (χ1v) is 8.16. The SMILES string of the molecule is Cc1ccc(-c2ccc(C(=O)OCC(=O)c3ccccc3F)cc2)cc1. The van der Waals surface area contributed by atoms with Crippen LogP contribution < -0.4 is 0 Å². The molecule has 0 N–H and O–H groups in total. The maximum Gasteiger partial charge on any atom is 0.338 e. The van der Waals surface area contributed by atoms with Crippen LogP contribution in [0.15, 0.2) is 72.8 Å². The van der Waals surface area contributed by atoms with Crippen molar-refractivity contribution in [3.05, 3.63) is 95.3 Å². The number of hydrogen-bond donors (Lipinski definition) is 0. The van der Waals surface area contributed by atoms with Crippen LogP contribution in [0.5, 0.6) is 0 Å². The third-order valence-corrected chi connectivity index (χ3v) is 4.01. The zero-order valence-corrected chi connectivity index (χ0v) is 14.2. The summed E-state index contributed by atoms with van der Waals surface area (Å²) in [6, 6.07) is 20.6. The molecule has 3 rings (SSSR count). The minimum absolute atomic E-state index is 0.0879. The number of Topliss-reactive ketones (excluding diaryl/α,β-unsaturated/α-hetero) is 1. The first-order valence-electron chi connectivity index (χ1n) is 8.16. The fraction of sp³-hybridized carbons (Fsp3) is 0.0909. The van der Waals surface area contributed by atoms with E-state index in [4.69, 9.17) is 4.74 Å². The number of rotatable bonds is 5. The van der Waals surface area contributed by atoms with Gasteiger partial charge >= 0.3 is 5.97 Å². The van der Waals surface area contributed by atoms with Gasteiger partial charge in [-0.25, -0.2) is 9.18 Å². The summed E-state index contributed by atoms with van der Waals surface area (Å²) < 4.78 is 18.6. The van der Waals surface area contributed by atoms with Crippen LogP contribution in [-0.2, 0) is 4.74 Å². The summed E-state index contributed by atoms with van der Waals surface area (Å²) in [5.74, 6) is -1.83. The second-order valence-electron chi connectivity index (χ2n) is 5.92. The van der Waals surface area contributed by atoms with Gasteiger partial charge in [0.25, 0.3) is 0 Å². The molecule has 0 bridgehead atoms. The molecule has 0 saturated carbocycles. The van der Waals surface area contributed by atoms with E-state index in [9.17, 15) is 14.0 Å². The van der Waals surface area contributed by atoms with E-state index in [0.29, 0.717) is 5.56 Å². The van der Waals surface area contributed by atoms with Crippen molar-refractivity contribution >= 4 is 11.8 Å². The standard InChI is InChI=1S/C22H17FO3/c1-15-6-8-16(9-7-15)17-10-12-18(13-11-17)22(25)26-14-21(24)19-4-2-3-5-20(19)23/h2-13H,14H2,1H3. The van der Waals surface area contributed by atoms with Gasteiger partial charge in [0.05, 0.1) is 11.1 Å². The minimum Gasteiger partial charge on any atom is -0.454 e. The lowest BCUT2D eigenvalue weighted by atomic mass is 10.0. The average molecular weight is 348 g/mol. The molecular weight excluding hydrogens is 331 g/mol. The molecule has 0 saturated heterocycles. The van der Waals surface area contributed by atoms with Crippen LogP contribution in [-0.4, -0.2) is 18.4 Å². The number of aryl methyl sites for hydroxylation is 1. The summed E-state index contributed by atoms with van der Waals surface area (Å²) in [5.41, 5.74) is 3.44. The van der Waals surface area contributed by atoms with Crippen LogP contribution in [0.1, 0.15) is 26.3 Å². The highest BCUT2D eigenvalue weighted by Gasteiger charge is 2.14. The lowest BCUT2D eigenvalue weighted by molar-refractivity contribution is 0.0473. The summed E-state index contributed by atoms with van der Waals surface area (Å²) in [6.45, 7) is 1.52. The van der Waals surface area contributed by atoms with Crippen molar-refractivity contribution in [1.82, 2.24) is 0 Å². The van der Waals surface area contributed by atoms with E-state index in [1.165, 1.54) is 23.8 Å². The molecule has 0 fully saturated rings. The highest BCUT2D eigenvalue weighted by molar-refractivity contribution is 5.99. The van der Waals surface area contributed by atoms with E-state index in [0.717, 1.165) is 11.1 Å². The largest absolute Gasteiger partial charge is 0.454 e. The molecule has 0 radical (unpaired) electrons. The van der Waals surface area contributed by atoms with Gasteiger partial charge in [-0.2, -0.15) is 0 Å². The Morgan fingerprint density at radius 2 is 1.42 bits per heavy atom. The monoisotopic (exact) mass is 348 g/mol. The molecule has 0 spiro atoms. The van der Waals surface area contributed by atoms with Crippen molar-refractivity contribution in [3.8, 4) is 11.1 Å². The average Bonchev–Trinajstić information content (AvgIpc) is 2.67. The Balaban J connectivity index is 1.64. The van der Waals surface area contributed by atoms with Crippen LogP contribution >= 0.6 is 0 Å². The number of ketones is 1. The van der Waals surface area contributed by atoms with E-state index in [1.54, 1.807) is 18.2 Å². The van der Waals surface area contributed by atoms with Crippen molar-refractivity contribution in [2.75, 3.05) is 6.61 Å². The lowest BCUT2D eigenvalue weighted by Gasteiger charge is -2.07. The summed E-state index contributed by atoms with van der Waals surface area (Å²) in [6.07, 6.45) is 0. The summed E-state index contributed by atoms with van der Waals surface area (Å²) in [5, 5.41) is 0. The zero-order valence-electron chi connectivity index (χ0n) is 14.2. The highest BCUT2D eigenvalue weighted by atomic mass is 19.1. The molecule has 0 amide bonds. The Morgan fingerprint density at radius 1 is 0.846 bits per heavy atom. The third-order valence-electron chi connectivity index (χ3n) is 4.01. The Labute approximate surface area is 151 Å². The van der Waals surface area contributed by atoms with Crippen LogP contribution in [0.4, 0.5) is 4.39 Å². The predicted octanol–water partition coefficient (Wildman–Crippen LogP) is 4.84. The van der Waals surface area contributed by atoms with Crippen molar-refractivity contribution in [1.29, 1.82) is 0 Å². The van der Waals surface area contributed by atoms with Crippen molar-refractivity contribution in [2.24, 2.45) is 0 Å². The van der Waals surface area contributed by atoms with Gasteiger partial charge in [0, 0.05) is 0 Å². The van der Waals surface area contributed by atoms with E-state index < -0.39 is 24.2 Å². The molecule has 0 aromatic heterocycles. The predicted molar refractivity (Wildman–Crippen MR) is 97.6 cm³/mol. The third kappa shape index (κ3) is 4.03. The van der Waals surface area contributed by atoms with Gasteiger partial charge in [-0.15, -0.1) is 0 Å². The van der Waals surface area contributed by atoms with Gasteiger partial charge in [-0.05, 0) is 42.3 Å². The van der Waals surface area contributed by atoms with E-state index in [-0.39, 0.29) is 5.56 Å². The molecule has 26 heavy (non-hydrogen) atoms. The fourth-order valence-corrected chi connectivity index (χ4v) is 2.52. The second kappa shape index (κ2) is 7.74. The van der Waals surface area contributed by atoms with Crippen molar-refractivity contribution in [2.45, 2.75) is 6.92 Å². The molecule has 0 atom stereocenters. The number of benzene rings is 3. The smallest absolute Gasteiger partial charge is 0.338 e. The maximum absolute atomic E-state index is 13.6. The van der Waals surface area contributed by atoms with Gasteiger partial charge in [-0.3, -0.25) is 4.79 Å². The summed E-state index contributed by atoms with van der Waals surface area (Å²) in [7, 11) is 0. The molecule has 0 aliphatic heterocycles. The van der Waals surface area contributed by atoms with Gasteiger partial charge in [0.2, 0.25) is 5.78 Å². The first-order chi connectivity index (χ1) is 12.5. The van der Waals surface area contributed by atoms with Crippen LogP contribution in [0, 0.1) is 12.7 Å². The molecule has 3 nitrogen and oxygen atoms in total. The fourth-order valence-electron chi connectivity index (χ4n) is 2.52. The molecule has 130 valence electrons. The molecule has 0 aliphatic carbocycles. The quantitative estimate of drug-likeness (QED) is 0.489. The van der Waals surface area contributed by atoms with Gasteiger partial charge in [0.15, 0.2) is 6.61 Å². The summed E-state index contributed by atoms with van der Waals surface area (Å²) >= 11 is 0. The Hall–Kier alpha value is -3.27. The van der Waals surface area contributed by atoms with Gasteiger partial charge < -0.3 is 4.74 Å². The number of hydrogen-bond acceptors (Lipinski definition) is 3. The molecule has 3 aromatic rings. The molecular formula is C22H17FO3. The summed E-state index contributed by atoms with van der Waals surface area (Å²) in [4.78, 5) is 24.0. The van der Waals surface area contributed by atoms with Crippen LogP contribution in [0.2, 0.25) is 0 Å². The van der Waals surface area contributed by atoms with Crippen LogP contribution in [0.25, 0.3) is 11.1 Å². The molecule has 4 heteroatoms. The normalized spacial score (nSPS) is 10.4. The Bertz CT molecular complexity index is 928. The second-order valence-corrected chi connectivity index (χ2v) is 5.92. The highest BCUT2D eigenvalue weighted by Crippen LogP contribution is 2.20. The number of carbonyl (C=O) groups is 2. The minimum atomic E-state index is -0.629. The molecule has 0 heterocycles. The van der Waals surface area contributed by atoms with Crippen molar-refractivity contribution in [3.63, 3.8) is 0 Å². The van der Waals surface area contributed by atoms with E-state index in [1.807, 2.05) is 43.3 Å². The molecule has 0 aliphatic rings. The number of ether oxygens (including phenoxy) is 1. The Kier molecular flexibility index (Phi) is 5.23. The topological polar surface area (TPSA) is 43.4 Å². The number of carbonyl (C=O) groups excluding carboxylic acids is 2. The Morgan fingerprint density at radius 3 is 2.04 bits per heavy atom. The molecule has 0 unspecified atom stereocenters. The van der Waals surface area contributed by atoms with Gasteiger partial charge in [-0.1, -0.05) is 54.1 Å². The number of esters is 1. The van der Waals surface area contributed by atoms with Crippen molar-refractivity contribution < 1.29 is 18.7 Å². The first kappa shape index (κ1) is 17.5.